The van der Waals surface area contributed by atoms with Crippen LogP contribution in [0.1, 0.15) is 20.8 Å². The van der Waals surface area contributed by atoms with E-state index in [9.17, 15) is 4.79 Å². The largest absolute Gasteiger partial charge is 0.497 e. The van der Waals surface area contributed by atoms with Crippen molar-refractivity contribution in [2.75, 3.05) is 7.11 Å². The Morgan fingerprint density at radius 1 is 0.853 bits per heavy atom. The van der Waals surface area contributed by atoms with E-state index in [1.165, 1.54) is 0 Å². The minimum Gasteiger partial charge on any atom is -0.497 e. The first-order valence-corrected chi connectivity index (χ1v) is 11.3. The maximum absolute atomic E-state index is 13.5. The summed E-state index contributed by atoms with van der Waals surface area (Å²) in [7, 11) is 3.72. The number of carbonyl (C=O) groups excluding carboxylic acids is 1. The van der Waals surface area contributed by atoms with E-state index >= 15 is 0 Å². The van der Waals surface area contributed by atoms with Gasteiger partial charge in [0.05, 0.1) is 29.5 Å². The van der Waals surface area contributed by atoms with Crippen molar-refractivity contribution in [1.29, 1.82) is 0 Å². The first-order valence-electron chi connectivity index (χ1n) is 11.3. The van der Waals surface area contributed by atoms with Gasteiger partial charge in [0.25, 0.3) is 0 Å². The number of carbonyl (C=O) groups is 1. The number of nitrogens with zero attached hydrogens (tertiary/aromatic N) is 2. The maximum Gasteiger partial charge on any atom is 0.419 e. The Hall–Kier alpha value is -3.99. The topological polar surface area (TPSA) is 45.4 Å². The summed E-state index contributed by atoms with van der Waals surface area (Å²) in [5.41, 5.74) is 5.09. The molecule has 0 aliphatic rings. The molecular formula is C29H28N2O3. The van der Waals surface area contributed by atoms with Gasteiger partial charge in [-0.05, 0) is 50.6 Å². The van der Waals surface area contributed by atoms with Gasteiger partial charge in [-0.3, -0.25) is 0 Å². The lowest BCUT2D eigenvalue weighted by molar-refractivity contribution is 0.0547. The first kappa shape index (κ1) is 21.8. The van der Waals surface area contributed by atoms with Gasteiger partial charge in [-0.2, -0.15) is 0 Å². The third-order valence-electron chi connectivity index (χ3n) is 6.00. The van der Waals surface area contributed by atoms with Crippen molar-refractivity contribution in [2.45, 2.75) is 26.4 Å². The summed E-state index contributed by atoms with van der Waals surface area (Å²) in [6.07, 6.45) is -0.395. The lowest BCUT2D eigenvalue weighted by atomic mass is 10.0. The summed E-state index contributed by atoms with van der Waals surface area (Å²) in [4.78, 5) is 13.5. The number of hydrogen-bond donors (Lipinski definition) is 0. The van der Waals surface area contributed by atoms with E-state index in [-0.39, 0.29) is 0 Å². The average molecular weight is 453 g/mol. The molecule has 2 heterocycles. The van der Waals surface area contributed by atoms with Crippen LogP contribution in [0.2, 0.25) is 0 Å². The van der Waals surface area contributed by atoms with Crippen LogP contribution < -0.4 is 4.74 Å². The molecule has 0 atom stereocenters. The zero-order valence-corrected chi connectivity index (χ0v) is 20.1. The Kier molecular flexibility index (Phi) is 5.20. The summed E-state index contributed by atoms with van der Waals surface area (Å²) in [5, 5.41) is 2.02. The first-order chi connectivity index (χ1) is 16.3. The maximum atomic E-state index is 13.5. The van der Waals surface area contributed by atoms with Crippen molar-refractivity contribution >= 4 is 27.9 Å². The SMILES string of the molecule is COc1ccc2c(-c3cc4ccccc4n3C(=O)OC(C)(C)C)c(-c3ccccc3)n(C)c2c1. The Morgan fingerprint density at radius 3 is 2.26 bits per heavy atom. The Balaban J connectivity index is 1.89. The van der Waals surface area contributed by atoms with Gasteiger partial charge >= 0.3 is 6.09 Å². The van der Waals surface area contributed by atoms with Crippen molar-refractivity contribution in [3.8, 4) is 28.3 Å². The van der Waals surface area contributed by atoms with Gasteiger partial charge in [-0.1, -0.05) is 48.5 Å². The zero-order valence-electron chi connectivity index (χ0n) is 20.1. The Labute approximate surface area is 199 Å². The number of fused-ring (bicyclic) bond motifs is 2. The van der Waals surface area contributed by atoms with E-state index in [0.29, 0.717) is 0 Å². The van der Waals surface area contributed by atoms with Gasteiger partial charge in [0.2, 0.25) is 0 Å². The molecule has 0 saturated heterocycles. The van der Waals surface area contributed by atoms with Crippen molar-refractivity contribution in [1.82, 2.24) is 9.13 Å². The van der Waals surface area contributed by atoms with E-state index in [2.05, 4.69) is 28.8 Å². The van der Waals surface area contributed by atoms with Crippen LogP contribution in [-0.4, -0.2) is 27.9 Å². The van der Waals surface area contributed by atoms with Crippen LogP contribution in [0.4, 0.5) is 4.79 Å². The molecule has 0 saturated carbocycles. The molecule has 5 rings (SSSR count). The number of ether oxygens (including phenoxy) is 2. The van der Waals surface area contributed by atoms with E-state index in [4.69, 9.17) is 9.47 Å². The molecule has 0 N–H and O–H groups in total. The number of hydrogen-bond acceptors (Lipinski definition) is 3. The molecule has 0 fully saturated rings. The summed E-state index contributed by atoms with van der Waals surface area (Å²) in [5.74, 6) is 0.784. The standard InChI is InChI=1S/C29H28N2O3/c1-29(2,3)34-28(32)31-23-14-10-9-13-20(23)17-25(31)26-22-16-15-21(33-5)18-24(22)30(4)27(26)19-11-7-6-8-12-19/h6-18H,1-5H3. The van der Waals surface area contributed by atoms with Crippen LogP contribution in [-0.2, 0) is 11.8 Å². The Morgan fingerprint density at radius 2 is 1.56 bits per heavy atom. The second-order valence-electron chi connectivity index (χ2n) is 9.44. The van der Waals surface area contributed by atoms with Gasteiger partial charge in [0.1, 0.15) is 11.4 Å². The highest BCUT2D eigenvalue weighted by atomic mass is 16.6. The molecule has 0 bridgehead atoms. The molecule has 0 radical (unpaired) electrons. The van der Waals surface area contributed by atoms with E-state index in [1.807, 2.05) is 82.4 Å². The fourth-order valence-electron chi connectivity index (χ4n) is 4.58. The molecule has 172 valence electrons. The highest BCUT2D eigenvalue weighted by Crippen LogP contribution is 2.43. The number of para-hydroxylation sites is 1. The molecule has 2 aromatic heterocycles. The quantitative estimate of drug-likeness (QED) is 0.289. The molecule has 0 unspecified atom stereocenters. The molecule has 5 heteroatoms. The predicted octanol–water partition coefficient (Wildman–Crippen LogP) is 7.26. The minimum absolute atomic E-state index is 0.395. The molecular weight excluding hydrogens is 424 g/mol. The monoisotopic (exact) mass is 452 g/mol. The third kappa shape index (κ3) is 3.63. The van der Waals surface area contributed by atoms with Crippen molar-refractivity contribution in [2.24, 2.45) is 7.05 Å². The molecule has 5 nitrogen and oxygen atoms in total. The van der Waals surface area contributed by atoms with Crippen LogP contribution in [0.5, 0.6) is 5.75 Å². The van der Waals surface area contributed by atoms with Crippen LogP contribution in [0.3, 0.4) is 0 Å². The lowest BCUT2D eigenvalue weighted by Gasteiger charge is -2.21. The molecule has 0 spiro atoms. The summed E-state index contributed by atoms with van der Waals surface area (Å²) < 4.78 is 15.2. The van der Waals surface area contributed by atoms with Crippen LogP contribution in [0, 0.1) is 0 Å². The number of methoxy groups -OCH3 is 1. The van der Waals surface area contributed by atoms with E-state index < -0.39 is 11.7 Å². The molecule has 34 heavy (non-hydrogen) atoms. The number of benzene rings is 3. The number of aryl methyl sites for hydroxylation is 1. The Bertz CT molecular complexity index is 1520. The molecule has 3 aromatic carbocycles. The van der Waals surface area contributed by atoms with Gasteiger partial charge in [0.15, 0.2) is 0 Å². The summed E-state index contributed by atoms with van der Waals surface area (Å²) in [6.45, 7) is 5.65. The molecule has 0 amide bonds. The van der Waals surface area contributed by atoms with Gasteiger partial charge in [-0.15, -0.1) is 0 Å². The predicted molar refractivity (Wildman–Crippen MR) is 137 cm³/mol. The van der Waals surface area contributed by atoms with Gasteiger partial charge < -0.3 is 14.0 Å². The van der Waals surface area contributed by atoms with Crippen LogP contribution in [0.25, 0.3) is 44.3 Å². The second-order valence-corrected chi connectivity index (χ2v) is 9.44. The number of rotatable bonds is 3. The summed E-state index contributed by atoms with van der Waals surface area (Å²) >= 11 is 0. The van der Waals surface area contributed by atoms with E-state index in [1.54, 1.807) is 11.7 Å². The summed E-state index contributed by atoms with van der Waals surface area (Å²) in [6, 6.07) is 26.3. The normalized spacial score (nSPS) is 11.8. The minimum atomic E-state index is -0.617. The molecule has 0 aliphatic heterocycles. The molecule has 5 aromatic rings. The van der Waals surface area contributed by atoms with Crippen molar-refractivity contribution in [3.05, 3.63) is 78.9 Å². The third-order valence-corrected chi connectivity index (χ3v) is 6.00. The fraction of sp³-hybridized carbons (Fsp3) is 0.207. The second kappa shape index (κ2) is 8.10. The van der Waals surface area contributed by atoms with Crippen LogP contribution >= 0.6 is 0 Å². The van der Waals surface area contributed by atoms with Gasteiger partial charge in [0, 0.05) is 29.4 Å². The zero-order chi connectivity index (χ0) is 24.0. The van der Waals surface area contributed by atoms with Crippen molar-refractivity contribution in [3.63, 3.8) is 0 Å². The highest BCUT2D eigenvalue weighted by Gasteiger charge is 2.27. The lowest BCUT2D eigenvalue weighted by Crippen LogP contribution is -2.27. The molecule has 0 aliphatic carbocycles. The smallest absolute Gasteiger partial charge is 0.419 e. The van der Waals surface area contributed by atoms with Crippen molar-refractivity contribution < 1.29 is 14.3 Å². The van der Waals surface area contributed by atoms with E-state index in [0.717, 1.165) is 50.1 Å². The van der Waals surface area contributed by atoms with Crippen LogP contribution in [0.15, 0.2) is 78.9 Å². The highest BCUT2D eigenvalue weighted by molar-refractivity contribution is 6.08. The van der Waals surface area contributed by atoms with Gasteiger partial charge in [-0.25, -0.2) is 9.36 Å². The average Bonchev–Trinajstić information content (AvgIpc) is 3.33. The fourth-order valence-corrected chi connectivity index (χ4v) is 4.58. The number of aromatic nitrogens is 2.